The number of hydrogen-bond acceptors (Lipinski definition) is 3. The van der Waals surface area contributed by atoms with Crippen LogP contribution in [0.3, 0.4) is 0 Å². The van der Waals surface area contributed by atoms with Gasteiger partial charge in [0, 0.05) is 12.3 Å². The summed E-state index contributed by atoms with van der Waals surface area (Å²) < 4.78 is 5.16. The Morgan fingerprint density at radius 2 is 1.95 bits per heavy atom. The summed E-state index contributed by atoms with van der Waals surface area (Å²) in [6.45, 7) is 0.328. The Kier molecular flexibility index (Phi) is 8.26. The monoisotopic (exact) mass is 284 g/mol. The van der Waals surface area contributed by atoms with Crippen molar-refractivity contribution in [2.75, 3.05) is 5.88 Å². The van der Waals surface area contributed by atoms with Gasteiger partial charge in [-0.15, -0.1) is 11.6 Å². The van der Waals surface area contributed by atoms with E-state index in [0.717, 1.165) is 18.4 Å². The molecule has 1 aromatic rings. The molecule has 19 heavy (non-hydrogen) atoms. The molecule has 0 saturated carbocycles. The summed E-state index contributed by atoms with van der Waals surface area (Å²) in [7, 11) is 0. The number of carbonyl (C=O) groups is 1. The average Bonchev–Trinajstić information content (AvgIpc) is 2.43. The molecule has 1 N–H and O–H groups in total. The third-order valence-corrected chi connectivity index (χ3v) is 3.07. The van der Waals surface area contributed by atoms with Crippen LogP contribution in [0.15, 0.2) is 30.3 Å². The van der Waals surface area contributed by atoms with E-state index in [4.69, 9.17) is 16.3 Å². The highest BCUT2D eigenvalue weighted by Crippen LogP contribution is 2.09. The van der Waals surface area contributed by atoms with Crippen molar-refractivity contribution in [1.29, 1.82) is 0 Å². The molecule has 0 aliphatic heterocycles. The van der Waals surface area contributed by atoms with Crippen molar-refractivity contribution >= 4 is 17.6 Å². The molecule has 4 heteroatoms. The summed E-state index contributed by atoms with van der Waals surface area (Å²) in [6.07, 6.45) is 2.92. The highest BCUT2D eigenvalue weighted by atomic mass is 35.5. The van der Waals surface area contributed by atoms with Crippen LogP contribution in [-0.2, 0) is 16.1 Å². The third kappa shape index (κ3) is 7.85. The molecule has 0 aromatic heterocycles. The lowest BCUT2D eigenvalue weighted by atomic mass is 10.1. The van der Waals surface area contributed by atoms with Crippen LogP contribution in [-0.4, -0.2) is 23.1 Å². The second kappa shape index (κ2) is 9.82. The maximum absolute atomic E-state index is 11.5. The normalized spacial score (nSPS) is 12.1. The maximum atomic E-state index is 11.5. The molecule has 0 saturated heterocycles. The summed E-state index contributed by atoms with van der Waals surface area (Å²) in [6, 6.07) is 9.62. The molecular weight excluding hydrogens is 264 g/mol. The maximum Gasteiger partial charge on any atom is 0.306 e. The zero-order valence-electron chi connectivity index (χ0n) is 11.1. The van der Waals surface area contributed by atoms with Crippen molar-refractivity contribution in [2.24, 2.45) is 0 Å². The number of esters is 1. The van der Waals surface area contributed by atoms with Gasteiger partial charge >= 0.3 is 5.97 Å². The fourth-order valence-corrected chi connectivity index (χ4v) is 1.98. The van der Waals surface area contributed by atoms with E-state index in [0.29, 0.717) is 31.7 Å². The molecule has 1 rings (SSSR count). The number of rotatable bonds is 9. The van der Waals surface area contributed by atoms with Crippen molar-refractivity contribution in [1.82, 2.24) is 0 Å². The summed E-state index contributed by atoms with van der Waals surface area (Å²) in [5.41, 5.74) is 0.994. The van der Waals surface area contributed by atoms with Crippen LogP contribution in [0, 0.1) is 0 Å². The van der Waals surface area contributed by atoms with Gasteiger partial charge in [0.15, 0.2) is 0 Å². The van der Waals surface area contributed by atoms with E-state index in [-0.39, 0.29) is 12.1 Å². The third-order valence-electron chi connectivity index (χ3n) is 2.85. The van der Waals surface area contributed by atoms with Crippen LogP contribution in [0.5, 0.6) is 0 Å². The van der Waals surface area contributed by atoms with Crippen LogP contribution in [0.4, 0.5) is 0 Å². The van der Waals surface area contributed by atoms with E-state index < -0.39 is 0 Å². The Labute approximate surface area is 119 Å². The molecule has 0 aliphatic rings. The molecule has 106 valence electrons. The van der Waals surface area contributed by atoms with Gasteiger partial charge in [-0.25, -0.2) is 0 Å². The van der Waals surface area contributed by atoms with Crippen LogP contribution < -0.4 is 0 Å². The minimum Gasteiger partial charge on any atom is -0.461 e. The number of hydrogen-bond donors (Lipinski definition) is 1. The van der Waals surface area contributed by atoms with Gasteiger partial charge in [-0.05, 0) is 24.8 Å². The number of unbranched alkanes of at least 4 members (excludes halogenated alkanes) is 1. The summed E-state index contributed by atoms with van der Waals surface area (Å²) in [5.74, 6) is 0.288. The zero-order chi connectivity index (χ0) is 13.9. The fourth-order valence-electron chi connectivity index (χ4n) is 1.73. The van der Waals surface area contributed by atoms with Crippen LogP contribution in [0.2, 0.25) is 0 Å². The predicted molar refractivity (Wildman–Crippen MR) is 76.0 cm³/mol. The standard InChI is InChI=1S/C15H21ClO3/c16-11-10-14(17)8-4-5-9-15(18)19-12-13-6-2-1-3-7-13/h1-3,6-7,14,17H,4-5,8-12H2. The SMILES string of the molecule is O=C(CCCCC(O)CCCl)OCc1ccccc1. The van der Waals surface area contributed by atoms with E-state index in [9.17, 15) is 9.90 Å². The molecule has 0 spiro atoms. The number of ether oxygens (including phenoxy) is 1. The Balaban J connectivity index is 2.05. The van der Waals surface area contributed by atoms with Gasteiger partial charge in [-0.3, -0.25) is 4.79 Å². The van der Waals surface area contributed by atoms with E-state index in [1.165, 1.54) is 0 Å². The summed E-state index contributed by atoms with van der Waals surface area (Å²) >= 11 is 5.52. The Hall–Kier alpha value is -1.06. The predicted octanol–water partition coefficient (Wildman–Crippen LogP) is 3.28. The first-order chi connectivity index (χ1) is 9.22. The molecule has 1 atom stereocenters. The van der Waals surface area contributed by atoms with Crippen molar-refractivity contribution in [3.05, 3.63) is 35.9 Å². The first kappa shape index (κ1) is 16.0. The topological polar surface area (TPSA) is 46.5 Å². The van der Waals surface area contributed by atoms with Gasteiger partial charge < -0.3 is 9.84 Å². The van der Waals surface area contributed by atoms with Crippen molar-refractivity contribution in [3.63, 3.8) is 0 Å². The quantitative estimate of drug-likeness (QED) is 0.430. The van der Waals surface area contributed by atoms with Gasteiger partial charge in [-0.2, -0.15) is 0 Å². The highest BCUT2D eigenvalue weighted by Gasteiger charge is 2.06. The summed E-state index contributed by atoms with van der Waals surface area (Å²) in [4.78, 5) is 11.5. The lowest BCUT2D eigenvalue weighted by Gasteiger charge is -2.08. The van der Waals surface area contributed by atoms with Crippen molar-refractivity contribution in [3.8, 4) is 0 Å². The van der Waals surface area contributed by atoms with E-state index in [2.05, 4.69) is 0 Å². The second-order valence-electron chi connectivity index (χ2n) is 4.52. The lowest BCUT2D eigenvalue weighted by Crippen LogP contribution is -2.08. The largest absolute Gasteiger partial charge is 0.461 e. The smallest absolute Gasteiger partial charge is 0.306 e. The summed E-state index contributed by atoms with van der Waals surface area (Å²) in [5, 5.41) is 9.47. The first-order valence-corrected chi connectivity index (χ1v) is 7.19. The molecule has 1 aromatic carbocycles. The average molecular weight is 285 g/mol. The molecular formula is C15H21ClO3. The minimum atomic E-state index is -0.349. The molecule has 0 fully saturated rings. The number of carbonyl (C=O) groups excluding carboxylic acids is 1. The van der Waals surface area contributed by atoms with Gasteiger partial charge in [0.05, 0.1) is 6.10 Å². The number of alkyl halides is 1. The van der Waals surface area contributed by atoms with Crippen LogP contribution >= 0.6 is 11.6 Å². The first-order valence-electron chi connectivity index (χ1n) is 6.66. The molecule has 0 radical (unpaired) electrons. The lowest BCUT2D eigenvalue weighted by molar-refractivity contribution is -0.145. The fraction of sp³-hybridized carbons (Fsp3) is 0.533. The van der Waals surface area contributed by atoms with E-state index >= 15 is 0 Å². The Morgan fingerprint density at radius 1 is 1.21 bits per heavy atom. The van der Waals surface area contributed by atoms with E-state index in [1.54, 1.807) is 0 Å². The molecule has 3 nitrogen and oxygen atoms in total. The Morgan fingerprint density at radius 3 is 2.63 bits per heavy atom. The number of benzene rings is 1. The minimum absolute atomic E-state index is 0.185. The number of halogens is 1. The van der Waals surface area contributed by atoms with Crippen LogP contribution in [0.25, 0.3) is 0 Å². The second-order valence-corrected chi connectivity index (χ2v) is 4.90. The van der Waals surface area contributed by atoms with E-state index in [1.807, 2.05) is 30.3 Å². The van der Waals surface area contributed by atoms with Gasteiger partial charge in [-0.1, -0.05) is 36.8 Å². The molecule has 0 heterocycles. The van der Waals surface area contributed by atoms with Gasteiger partial charge in [0.25, 0.3) is 0 Å². The highest BCUT2D eigenvalue weighted by molar-refractivity contribution is 6.17. The molecule has 1 unspecified atom stereocenters. The Bertz CT molecular complexity index is 354. The van der Waals surface area contributed by atoms with Crippen molar-refractivity contribution < 1.29 is 14.6 Å². The molecule has 0 aliphatic carbocycles. The zero-order valence-corrected chi connectivity index (χ0v) is 11.8. The van der Waals surface area contributed by atoms with Gasteiger partial charge in [0.2, 0.25) is 0 Å². The molecule has 0 bridgehead atoms. The van der Waals surface area contributed by atoms with Crippen LogP contribution in [0.1, 0.15) is 37.7 Å². The number of aliphatic hydroxyl groups is 1. The number of aliphatic hydroxyl groups excluding tert-OH is 1. The van der Waals surface area contributed by atoms with Crippen molar-refractivity contribution in [2.45, 2.75) is 44.8 Å². The molecule has 0 amide bonds. The van der Waals surface area contributed by atoms with Gasteiger partial charge in [0.1, 0.15) is 6.61 Å².